The minimum absolute atomic E-state index is 0.0673. The van der Waals surface area contributed by atoms with Crippen LogP contribution in [-0.2, 0) is 16.1 Å². The van der Waals surface area contributed by atoms with E-state index in [1.807, 2.05) is 30.3 Å². The van der Waals surface area contributed by atoms with Gasteiger partial charge in [-0.25, -0.2) is 4.79 Å². The number of carboxylic acids is 1. The van der Waals surface area contributed by atoms with E-state index >= 15 is 0 Å². The van der Waals surface area contributed by atoms with Gasteiger partial charge in [0.05, 0.1) is 12.0 Å². The number of ether oxygens (including phenoxy) is 1. The van der Waals surface area contributed by atoms with Crippen LogP contribution < -0.4 is 10.6 Å². The molecule has 3 atom stereocenters. The molecule has 3 N–H and O–H groups in total. The molecule has 1 amide bonds. The van der Waals surface area contributed by atoms with Gasteiger partial charge < -0.3 is 20.5 Å². The zero-order valence-corrected chi connectivity index (χ0v) is 13.0. The molecule has 2 fully saturated rings. The monoisotopic (exact) mass is 318 g/mol. The lowest BCUT2D eigenvalue weighted by atomic mass is 9.74. The van der Waals surface area contributed by atoms with Crippen molar-refractivity contribution < 1.29 is 19.4 Å². The summed E-state index contributed by atoms with van der Waals surface area (Å²) in [5, 5.41) is 15.5. The Hall–Kier alpha value is -2.08. The predicted molar refractivity (Wildman–Crippen MR) is 83.9 cm³/mol. The highest BCUT2D eigenvalue weighted by Crippen LogP contribution is 2.38. The van der Waals surface area contributed by atoms with E-state index in [2.05, 4.69) is 10.6 Å². The zero-order valence-electron chi connectivity index (χ0n) is 13.0. The number of hydrogen-bond acceptors (Lipinski definition) is 4. The third kappa shape index (κ3) is 4.01. The first-order chi connectivity index (χ1) is 11.0. The highest BCUT2D eigenvalue weighted by molar-refractivity contribution is 5.73. The highest BCUT2D eigenvalue weighted by atomic mass is 16.5. The lowest BCUT2D eigenvalue weighted by molar-refractivity contribution is -0.139. The summed E-state index contributed by atoms with van der Waals surface area (Å²) in [6.45, 7) is 1.08. The standard InChI is InChI=1S/C17H22N2O4/c20-15(21)9-17(7-13-6-14(8-17)18-10-13)19-16(22)23-11-12-4-2-1-3-5-12/h1-5,13-14,18H,6-11H2,(H,19,22)(H,20,21). The van der Waals surface area contributed by atoms with Crippen LogP contribution in [0.2, 0.25) is 0 Å². The fourth-order valence-corrected chi connectivity index (χ4v) is 3.88. The van der Waals surface area contributed by atoms with Crippen LogP contribution in [0, 0.1) is 5.92 Å². The van der Waals surface area contributed by atoms with E-state index in [4.69, 9.17) is 4.74 Å². The molecule has 1 aromatic carbocycles. The summed E-state index contributed by atoms with van der Waals surface area (Å²) in [5.41, 5.74) is 0.191. The Morgan fingerprint density at radius 3 is 2.78 bits per heavy atom. The van der Waals surface area contributed by atoms with Crippen molar-refractivity contribution in [3.63, 3.8) is 0 Å². The van der Waals surface area contributed by atoms with Gasteiger partial charge in [-0.05, 0) is 37.3 Å². The Kier molecular flexibility index (Phi) is 4.52. The molecule has 3 unspecified atom stereocenters. The maximum Gasteiger partial charge on any atom is 0.407 e. The summed E-state index contributed by atoms with van der Waals surface area (Å²) in [7, 11) is 0. The van der Waals surface area contributed by atoms with Crippen molar-refractivity contribution in [3.8, 4) is 0 Å². The number of rotatable bonds is 5. The summed E-state index contributed by atoms with van der Waals surface area (Å²) in [6, 6.07) is 9.70. The Morgan fingerprint density at radius 2 is 2.09 bits per heavy atom. The molecule has 2 bridgehead atoms. The molecular formula is C17H22N2O4. The fraction of sp³-hybridized carbons (Fsp3) is 0.529. The molecule has 0 spiro atoms. The molecule has 1 aliphatic carbocycles. The number of alkyl carbamates (subject to hydrolysis) is 1. The van der Waals surface area contributed by atoms with Crippen molar-refractivity contribution in [2.24, 2.45) is 5.92 Å². The minimum Gasteiger partial charge on any atom is -0.481 e. The first-order valence-electron chi connectivity index (χ1n) is 7.99. The number of carbonyl (C=O) groups excluding carboxylic acids is 1. The van der Waals surface area contributed by atoms with Crippen LogP contribution in [0.4, 0.5) is 4.79 Å². The largest absolute Gasteiger partial charge is 0.481 e. The van der Waals surface area contributed by atoms with Crippen LogP contribution in [0.15, 0.2) is 30.3 Å². The van der Waals surface area contributed by atoms with Crippen LogP contribution in [0.1, 0.15) is 31.2 Å². The molecule has 1 aromatic rings. The molecule has 1 saturated carbocycles. The Balaban J connectivity index is 1.62. The van der Waals surface area contributed by atoms with E-state index in [1.54, 1.807) is 0 Å². The van der Waals surface area contributed by atoms with Crippen molar-refractivity contribution in [2.45, 2.75) is 43.9 Å². The first kappa shape index (κ1) is 15.8. The lowest BCUT2D eigenvalue weighted by Crippen LogP contribution is -2.54. The van der Waals surface area contributed by atoms with E-state index < -0.39 is 17.6 Å². The molecule has 3 rings (SSSR count). The number of hydrogen-bond donors (Lipinski definition) is 3. The summed E-state index contributed by atoms with van der Waals surface area (Å²) in [5.74, 6) is -0.475. The summed E-state index contributed by atoms with van der Waals surface area (Å²) in [6.07, 6.45) is 1.76. The van der Waals surface area contributed by atoms with Gasteiger partial charge in [-0.2, -0.15) is 0 Å². The number of fused-ring (bicyclic) bond motifs is 2. The second kappa shape index (κ2) is 6.58. The average molecular weight is 318 g/mol. The second-order valence-corrected chi connectivity index (χ2v) is 6.65. The number of amides is 1. The molecule has 0 radical (unpaired) electrons. The van der Waals surface area contributed by atoms with Crippen LogP contribution in [-0.4, -0.2) is 35.3 Å². The SMILES string of the molecule is O=C(O)CC1(NC(=O)OCc2ccccc2)CC2CNC(C2)C1. The Bertz CT molecular complexity index is 563. The third-order valence-electron chi connectivity index (χ3n) is 4.70. The quantitative estimate of drug-likeness (QED) is 0.772. The van der Waals surface area contributed by atoms with Gasteiger partial charge in [-0.3, -0.25) is 4.79 Å². The van der Waals surface area contributed by atoms with Crippen molar-refractivity contribution >= 4 is 12.1 Å². The third-order valence-corrected chi connectivity index (χ3v) is 4.70. The van der Waals surface area contributed by atoms with Gasteiger partial charge in [0.2, 0.25) is 0 Å². The Morgan fingerprint density at radius 1 is 1.30 bits per heavy atom. The molecular weight excluding hydrogens is 296 g/mol. The van der Waals surface area contributed by atoms with Gasteiger partial charge in [0.1, 0.15) is 6.61 Å². The van der Waals surface area contributed by atoms with Gasteiger partial charge in [-0.1, -0.05) is 30.3 Å². The summed E-state index contributed by atoms with van der Waals surface area (Å²) in [4.78, 5) is 23.4. The van der Waals surface area contributed by atoms with E-state index in [9.17, 15) is 14.7 Å². The molecule has 1 saturated heterocycles. The topological polar surface area (TPSA) is 87.7 Å². The maximum absolute atomic E-state index is 12.2. The highest BCUT2D eigenvalue weighted by Gasteiger charge is 2.46. The summed E-state index contributed by atoms with van der Waals surface area (Å²) >= 11 is 0. The number of aliphatic carboxylic acids is 1. The van der Waals surface area contributed by atoms with Gasteiger partial charge in [0.25, 0.3) is 0 Å². The molecule has 6 nitrogen and oxygen atoms in total. The van der Waals surface area contributed by atoms with Crippen molar-refractivity contribution in [1.82, 2.24) is 10.6 Å². The van der Waals surface area contributed by atoms with E-state index in [0.29, 0.717) is 18.8 Å². The van der Waals surface area contributed by atoms with Crippen molar-refractivity contribution in [2.75, 3.05) is 6.54 Å². The fourth-order valence-electron chi connectivity index (χ4n) is 3.88. The van der Waals surface area contributed by atoms with Crippen LogP contribution in [0.25, 0.3) is 0 Å². The zero-order chi connectivity index (χ0) is 16.3. The van der Waals surface area contributed by atoms with E-state index in [-0.39, 0.29) is 19.1 Å². The van der Waals surface area contributed by atoms with Crippen LogP contribution >= 0.6 is 0 Å². The van der Waals surface area contributed by atoms with Gasteiger partial charge in [0, 0.05) is 6.04 Å². The molecule has 2 aliphatic rings. The number of benzene rings is 1. The number of nitrogens with one attached hydrogen (secondary N) is 2. The maximum atomic E-state index is 12.2. The minimum atomic E-state index is -0.894. The predicted octanol–water partition coefficient (Wildman–Crippen LogP) is 1.90. The average Bonchev–Trinajstić information content (AvgIpc) is 2.85. The van der Waals surface area contributed by atoms with Gasteiger partial charge in [0.15, 0.2) is 0 Å². The van der Waals surface area contributed by atoms with Crippen molar-refractivity contribution in [1.29, 1.82) is 0 Å². The number of carbonyl (C=O) groups is 2. The second-order valence-electron chi connectivity index (χ2n) is 6.65. The number of carboxylic acid groups (broad SMARTS) is 1. The lowest BCUT2D eigenvalue weighted by Gasteiger charge is -2.39. The molecule has 1 aliphatic heterocycles. The summed E-state index contributed by atoms with van der Waals surface area (Å²) < 4.78 is 5.26. The molecule has 1 heterocycles. The normalized spacial score (nSPS) is 29.0. The Labute approximate surface area is 135 Å². The molecule has 124 valence electrons. The first-order valence-corrected chi connectivity index (χ1v) is 7.99. The van der Waals surface area contributed by atoms with Crippen LogP contribution in [0.5, 0.6) is 0 Å². The van der Waals surface area contributed by atoms with E-state index in [0.717, 1.165) is 18.5 Å². The molecule has 23 heavy (non-hydrogen) atoms. The van der Waals surface area contributed by atoms with Gasteiger partial charge in [-0.15, -0.1) is 0 Å². The smallest absolute Gasteiger partial charge is 0.407 e. The van der Waals surface area contributed by atoms with E-state index in [1.165, 1.54) is 0 Å². The molecule has 6 heteroatoms. The van der Waals surface area contributed by atoms with Crippen molar-refractivity contribution in [3.05, 3.63) is 35.9 Å². The van der Waals surface area contributed by atoms with Crippen LogP contribution in [0.3, 0.4) is 0 Å². The molecule has 0 aromatic heterocycles. The van der Waals surface area contributed by atoms with Gasteiger partial charge >= 0.3 is 12.1 Å².